The van der Waals surface area contributed by atoms with Crippen molar-refractivity contribution in [3.05, 3.63) is 75.3 Å². The summed E-state index contributed by atoms with van der Waals surface area (Å²) < 4.78 is 29.1. The van der Waals surface area contributed by atoms with Crippen molar-refractivity contribution in [3.8, 4) is 17.8 Å². The van der Waals surface area contributed by atoms with Crippen LogP contribution in [0.3, 0.4) is 0 Å². The fraction of sp³-hybridized carbons (Fsp3) is 0.0909. The van der Waals surface area contributed by atoms with Crippen molar-refractivity contribution in [1.82, 2.24) is 19.5 Å². The van der Waals surface area contributed by atoms with Gasteiger partial charge in [-0.05, 0) is 31.2 Å². The maximum absolute atomic E-state index is 14.0. The van der Waals surface area contributed by atoms with Gasteiger partial charge in [-0.15, -0.1) is 0 Å². The van der Waals surface area contributed by atoms with Crippen LogP contribution < -0.4 is 22.3 Å². The standard InChI is InChI=1S/C22H15F2N9O/c1-10(29-19-15(9-26)18(27)31-22(28)32-19)20-30-16-4-2-3-11(8-25)17(16)21(34)33(20)14-6-12(23)5-13(24)7-14/h2-7,10H,1H3,(H5,27,28,29,31,32)/t10-/m0/s1. The minimum Gasteiger partial charge on any atom is -0.382 e. The average Bonchev–Trinajstić information content (AvgIpc) is 2.77. The molecule has 168 valence electrons. The van der Waals surface area contributed by atoms with E-state index in [9.17, 15) is 24.1 Å². The van der Waals surface area contributed by atoms with Gasteiger partial charge < -0.3 is 16.8 Å². The first-order valence-electron chi connectivity index (χ1n) is 9.75. The third-order valence-corrected chi connectivity index (χ3v) is 4.96. The molecule has 0 saturated carbocycles. The third-order valence-electron chi connectivity index (χ3n) is 4.96. The first-order valence-corrected chi connectivity index (χ1v) is 9.75. The molecule has 0 aliphatic carbocycles. The van der Waals surface area contributed by atoms with Crippen LogP contribution in [-0.4, -0.2) is 19.5 Å². The zero-order chi connectivity index (χ0) is 24.6. The lowest BCUT2D eigenvalue weighted by Crippen LogP contribution is -2.28. The lowest BCUT2D eigenvalue weighted by atomic mass is 10.1. The number of halogens is 2. The van der Waals surface area contributed by atoms with Gasteiger partial charge in [0.25, 0.3) is 5.56 Å². The molecule has 2 aromatic carbocycles. The van der Waals surface area contributed by atoms with E-state index in [-0.39, 0.29) is 51.1 Å². The highest BCUT2D eigenvalue weighted by Gasteiger charge is 2.22. The number of nitrogens with one attached hydrogen (secondary N) is 1. The molecule has 2 aromatic heterocycles. The maximum atomic E-state index is 14.0. The van der Waals surface area contributed by atoms with Crippen LogP contribution in [0.5, 0.6) is 0 Å². The topological polar surface area (TPSA) is 172 Å². The Morgan fingerprint density at radius 1 is 1.06 bits per heavy atom. The highest BCUT2D eigenvalue weighted by molar-refractivity contribution is 5.84. The van der Waals surface area contributed by atoms with Gasteiger partial charge in [0.2, 0.25) is 5.95 Å². The molecule has 0 unspecified atom stereocenters. The molecule has 0 fully saturated rings. The number of aromatic nitrogens is 4. The predicted octanol–water partition coefficient (Wildman–Crippen LogP) is 2.53. The van der Waals surface area contributed by atoms with E-state index in [1.165, 1.54) is 12.1 Å². The number of benzene rings is 2. The number of nitrogens with two attached hydrogens (primary N) is 2. The maximum Gasteiger partial charge on any atom is 0.267 e. The van der Waals surface area contributed by atoms with Crippen LogP contribution in [0.15, 0.2) is 41.2 Å². The molecule has 5 N–H and O–H groups in total. The van der Waals surface area contributed by atoms with Gasteiger partial charge in [-0.1, -0.05) is 6.07 Å². The van der Waals surface area contributed by atoms with Gasteiger partial charge in [-0.2, -0.15) is 20.5 Å². The van der Waals surface area contributed by atoms with Crippen molar-refractivity contribution in [2.45, 2.75) is 13.0 Å². The number of fused-ring (bicyclic) bond motifs is 1. The minimum atomic E-state index is -0.912. The normalized spacial score (nSPS) is 11.6. The predicted molar refractivity (Wildman–Crippen MR) is 120 cm³/mol. The summed E-state index contributed by atoms with van der Waals surface area (Å²) in [6.07, 6.45) is 0. The highest BCUT2D eigenvalue weighted by Crippen LogP contribution is 2.26. The van der Waals surface area contributed by atoms with E-state index in [1.54, 1.807) is 13.0 Å². The second kappa shape index (κ2) is 8.44. The summed E-state index contributed by atoms with van der Waals surface area (Å²) in [5, 5.41) is 21.8. The molecule has 0 saturated heterocycles. The second-order valence-electron chi connectivity index (χ2n) is 7.22. The highest BCUT2D eigenvalue weighted by atomic mass is 19.1. The molecule has 4 rings (SSSR count). The molecule has 34 heavy (non-hydrogen) atoms. The van der Waals surface area contributed by atoms with Crippen LogP contribution in [0.2, 0.25) is 0 Å². The van der Waals surface area contributed by atoms with E-state index in [2.05, 4.69) is 20.3 Å². The molecule has 0 amide bonds. The quantitative estimate of drug-likeness (QED) is 0.414. The lowest BCUT2D eigenvalue weighted by molar-refractivity contribution is 0.579. The smallest absolute Gasteiger partial charge is 0.267 e. The van der Waals surface area contributed by atoms with Crippen molar-refractivity contribution < 1.29 is 8.78 Å². The molecule has 4 aromatic rings. The molecule has 10 nitrogen and oxygen atoms in total. The number of nitrogens with zero attached hydrogens (tertiary/aromatic N) is 6. The molecule has 0 aliphatic rings. The third kappa shape index (κ3) is 3.80. The number of hydrogen-bond donors (Lipinski definition) is 3. The number of anilines is 3. The zero-order valence-electron chi connectivity index (χ0n) is 17.5. The van der Waals surface area contributed by atoms with Gasteiger partial charge in [0.05, 0.1) is 28.2 Å². The Kier molecular flexibility index (Phi) is 5.49. The fourth-order valence-electron chi connectivity index (χ4n) is 3.53. The molecule has 0 bridgehead atoms. The summed E-state index contributed by atoms with van der Waals surface area (Å²) >= 11 is 0. The number of nitrogen functional groups attached to an aromatic ring is 2. The molecule has 0 spiro atoms. The van der Waals surface area contributed by atoms with Crippen molar-refractivity contribution in [1.29, 1.82) is 10.5 Å². The Morgan fingerprint density at radius 2 is 1.76 bits per heavy atom. The molecule has 0 radical (unpaired) electrons. The molecule has 0 aliphatic heterocycles. The molecule has 1 atom stereocenters. The molecular weight excluding hydrogens is 444 g/mol. The van der Waals surface area contributed by atoms with Crippen molar-refractivity contribution >= 4 is 28.5 Å². The second-order valence-corrected chi connectivity index (χ2v) is 7.22. The first kappa shape index (κ1) is 22.1. The number of nitriles is 2. The van der Waals surface area contributed by atoms with Crippen LogP contribution in [0.25, 0.3) is 16.6 Å². The minimum absolute atomic E-state index is 0.0149. The summed E-state index contributed by atoms with van der Waals surface area (Å²) in [4.78, 5) is 25.7. The lowest BCUT2D eigenvalue weighted by Gasteiger charge is -2.21. The van der Waals surface area contributed by atoms with E-state index in [4.69, 9.17) is 11.5 Å². The largest absolute Gasteiger partial charge is 0.382 e. The van der Waals surface area contributed by atoms with Gasteiger partial charge in [0.1, 0.15) is 41.0 Å². The van der Waals surface area contributed by atoms with Crippen molar-refractivity contribution in [2.75, 3.05) is 16.8 Å². The monoisotopic (exact) mass is 459 g/mol. The van der Waals surface area contributed by atoms with E-state index in [0.717, 1.165) is 16.7 Å². The van der Waals surface area contributed by atoms with E-state index in [0.29, 0.717) is 6.07 Å². The molecule has 12 heteroatoms. The van der Waals surface area contributed by atoms with Gasteiger partial charge in [-0.25, -0.2) is 13.8 Å². The SMILES string of the molecule is C[C@H](Nc1nc(N)nc(N)c1C#N)c1nc2cccc(C#N)c2c(=O)n1-c1cc(F)cc(F)c1. The Morgan fingerprint density at radius 3 is 2.41 bits per heavy atom. The van der Waals surface area contributed by atoms with Crippen molar-refractivity contribution in [2.24, 2.45) is 0 Å². The number of rotatable bonds is 4. The Bertz CT molecular complexity index is 1580. The summed E-state index contributed by atoms with van der Waals surface area (Å²) in [5.41, 5.74) is 10.7. The van der Waals surface area contributed by atoms with Crippen LogP contribution in [0.4, 0.5) is 26.4 Å². The summed E-state index contributed by atoms with van der Waals surface area (Å²) in [5.74, 6) is -2.16. The van der Waals surface area contributed by atoms with E-state index in [1.807, 2.05) is 12.1 Å². The van der Waals surface area contributed by atoms with Gasteiger partial charge in [0.15, 0.2) is 5.82 Å². The summed E-state index contributed by atoms with van der Waals surface area (Å²) in [6, 6.07) is 10.1. The number of hydrogen-bond acceptors (Lipinski definition) is 9. The van der Waals surface area contributed by atoms with Crippen LogP contribution in [0.1, 0.15) is 29.9 Å². The summed E-state index contributed by atoms with van der Waals surface area (Å²) in [7, 11) is 0. The Hall–Kier alpha value is -5.10. The van der Waals surface area contributed by atoms with Crippen LogP contribution >= 0.6 is 0 Å². The molecular formula is C22H15F2N9O. The zero-order valence-corrected chi connectivity index (χ0v) is 17.5. The van der Waals surface area contributed by atoms with Gasteiger partial charge >= 0.3 is 0 Å². The van der Waals surface area contributed by atoms with Crippen molar-refractivity contribution in [3.63, 3.8) is 0 Å². The van der Waals surface area contributed by atoms with Gasteiger partial charge in [0, 0.05) is 6.07 Å². The summed E-state index contributed by atoms with van der Waals surface area (Å²) in [6.45, 7) is 1.59. The van der Waals surface area contributed by atoms with Crippen LogP contribution in [-0.2, 0) is 0 Å². The Labute approximate surface area is 190 Å². The van der Waals surface area contributed by atoms with Gasteiger partial charge in [-0.3, -0.25) is 9.36 Å². The first-order chi connectivity index (χ1) is 16.2. The Balaban J connectivity index is 2.00. The van der Waals surface area contributed by atoms with E-state index < -0.39 is 23.2 Å². The van der Waals surface area contributed by atoms with Crippen LogP contribution in [0, 0.1) is 34.3 Å². The molecule has 2 heterocycles. The average molecular weight is 459 g/mol. The van der Waals surface area contributed by atoms with E-state index >= 15 is 0 Å². The fourth-order valence-corrected chi connectivity index (χ4v) is 3.53.